The molecule has 98 valence electrons. The lowest BCUT2D eigenvalue weighted by Crippen LogP contribution is -2.02. The van der Waals surface area contributed by atoms with Crippen LogP contribution in [-0.4, -0.2) is 21.7 Å². The zero-order chi connectivity index (χ0) is 13.8. The van der Waals surface area contributed by atoms with Gasteiger partial charge in [0.05, 0.1) is 16.3 Å². The number of phenolic OH excluding ortho intramolecular Hbond substituents is 2. The Morgan fingerprint density at radius 1 is 1.16 bits per heavy atom. The highest BCUT2D eigenvalue weighted by Crippen LogP contribution is 2.29. The van der Waals surface area contributed by atoms with E-state index >= 15 is 0 Å². The number of thioether (sulfide) groups is 1. The van der Waals surface area contributed by atoms with E-state index in [0.717, 1.165) is 11.0 Å². The molecule has 0 unspecified atom stereocenters. The van der Waals surface area contributed by atoms with Gasteiger partial charge < -0.3 is 10.2 Å². The number of carbonyl (C=O) groups is 1. The van der Waals surface area contributed by atoms with E-state index in [1.807, 2.05) is 18.2 Å². The normalized spacial score (nSPS) is 10.4. The van der Waals surface area contributed by atoms with Crippen molar-refractivity contribution < 1.29 is 15.0 Å². The lowest BCUT2D eigenvalue weighted by atomic mass is 10.1. The third-order valence-corrected chi connectivity index (χ3v) is 3.99. The minimum atomic E-state index is -0.220. The number of hydrogen-bond donors (Lipinski definition) is 2. The number of Topliss-reactive ketones (excluding diaryl/α,β-unsaturated/α-hetero) is 1. The van der Waals surface area contributed by atoms with Gasteiger partial charge in [-0.1, -0.05) is 23.7 Å². The molecule has 0 aliphatic carbocycles. The van der Waals surface area contributed by atoms with Gasteiger partial charge in [-0.25, -0.2) is 0 Å². The standard InChI is InChI=1S/C14H11ClO3S/c15-11-3-1-2-4-14(11)19-8-13(18)10-6-5-9(16)7-12(10)17/h1-7,16-17H,8H2. The smallest absolute Gasteiger partial charge is 0.176 e. The van der Waals surface area contributed by atoms with Crippen LogP contribution >= 0.6 is 23.4 Å². The Bertz CT molecular complexity index is 613. The van der Waals surface area contributed by atoms with Crippen LogP contribution < -0.4 is 0 Å². The second kappa shape index (κ2) is 5.99. The molecule has 0 radical (unpaired) electrons. The van der Waals surface area contributed by atoms with Gasteiger partial charge in [-0.2, -0.15) is 0 Å². The van der Waals surface area contributed by atoms with E-state index in [0.29, 0.717) is 5.02 Å². The summed E-state index contributed by atoms with van der Waals surface area (Å²) in [6, 6.07) is 11.2. The van der Waals surface area contributed by atoms with Gasteiger partial charge in [0.1, 0.15) is 11.5 Å². The molecule has 3 nitrogen and oxygen atoms in total. The Morgan fingerprint density at radius 3 is 2.58 bits per heavy atom. The van der Waals surface area contributed by atoms with E-state index in [9.17, 15) is 9.90 Å². The molecule has 0 saturated carbocycles. The first kappa shape index (κ1) is 13.8. The third kappa shape index (κ3) is 3.43. The van der Waals surface area contributed by atoms with E-state index in [1.54, 1.807) is 6.07 Å². The van der Waals surface area contributed by atoms with Crippen molar-refractivity contribution in [2.24, 2.45) is 0 Å². The third-order valence-electron chi connectivity index (χ3n) is 2.48. The maximum Gasteiger partial charge on any atom is 0.176 e. The fourth-order valence-corrected chi connectivity index (χ4v) is 2.66. The fourth-order valence-electron chi connectivity index (χ4n) is 1.54. The molecule has 5 heteroatoms. The number of aromatic hydroxyl groups is 2. The Kier molecular flexibility index (Phi) is 4.35. The van der Waals surface area contributed by atoms with Crippen molar-refractivity contribution >= 4 is 29.1 Å². The second-order valence-corrected chi connectivity index (χ2v) is 5.27. The van der Waals surface area contributed by atoms with Crippen LogP contribution in [0.5, 0.6) is 11.5 Å². The molecule has 2 aromatic rings. The van der Waals surface area contributed by atoms with Crippen LogP contribution in [0.15, 0.2) is 47.4 Å². The van der Waals surface area contributed by atoms with Gasteiger partial charge in [-0.05, 0) is 24.3 Å². The molecule has 0 fully saturated rings. The summed E-state index contributed by atoms with van der Waals surface area (Å²) < 4.78 is 0. The predicted octanol–water partition coefficient (Wildman–Crippen LogP) is 3.73. The molecule has 0 spiro atoms. The van der Waals surface area contributed by atoms with Crippen molar-refractivity contribution in [3.05, 3.63) is 53.1 Å². The van der Waals surface area contributed by atoms with Crippen molar-refractivity contribution in [1.29, 1.82) is 0 Å². The lowest BCUT2D eigenvalue weighted by Gasteiger charge is -2.05. The van der Waals surface area contributed by atoms with Crippen LogP contribution in [0, 0.1) is 0 Å². The molecule has 0 aromatic heterocycles. The average molecular weight is 295 g/mol. The van der Waals surface area contributed by atoms with Gasteiger partial charge in [0.25, 0.3) is 0 Å². The number of benzene rings is 2. The Labute approximate surface area is 119 Å². The SMILES string of the molecule is O=C(CSc1ccccc1Cl)c1ccc(O)cc1O. The topological polar surface area (TPSA) is 57.5 Å². The van der Waals surface area contributed by atoms with Gasteiger partial charge >= 0.3 is 0 Å². The molecule has 0 aliphatic heterocycles. The molecular formula is C14H11ClO3S. The fraction of sp³-hybridized carbons (Fsp3) is 0.0714. The summed E-state index contributed by atoms with van der Waals surface area (Å²) in [6.07, 6.45) is 0. The second-order valence-electron chi connectivity index (χ2n) is 3.84. The molecule has 2 N–H and O–H groups in total. The first-order valence-corrected chi connectivity index (χ1v) is 6.87. The van der Waals surface area contributed by atoms with E-state index in [1.165, 1.54) is 23.9 Å². The highest BCUT2D eigenvalue weighted by molar-refractivity contribution is 8.00. The molecule has 2 rings (SSSR count). The van der Waals surface area contributed by atoms with Gasteiger partial charge in [0, 0.05) is 11.0 Å². The molecule has 0 heterocycles. The monoisotopic (exact) mass is 294 g/mol. The molecule has 0 atom stereocenters. The molecule has 0 amide bonds. The van der Waals surface area contributed by atoms with Crippen LogP contribution in [0.3, 0.4) is 0 Å². The van der Waals surface area contributed by atoms with Crippen LogP contribution in [-0.2, 0) is 0 Å². The van der Waals surface area contributed by atoms with Crippen LogP contribution in [0.2, 0.25) is 5.02 Å². The summed E-state index contributed by atoms with van der Waals surface area (Å²) >= 11 is 7.30. The molecule has 2 aromatic carbocycles. The molecule has 0 saturated heterocycles. The Balaban J connectivity index is 2.08. The van der Waals surface area contributed by atoms with E-state index < -0.39 is 0 Å². The predicted molar refractivity (Wildman–Crippen MR) is 76.3 cm³/mol. The largest absolute Gasteiger partial charge is 0.508 e. The summed E-state index contributed by atoms with van der Waals surface area (Å²) in [6.45, 7) is 0. The molecule has 0 aliphatic rings. The molecular weight excluding hydrogens is 284 g/mol. The summed E-state index contributed by atoms with van der Waals surface area (Å²) in [4.78, 5) is 12.8. The summed E-state index contributed by atoms with van der Waals surface area (Å²) in [5.41, 5.74) is 0.192. The molecule has 19 heavy (non-hydrogen) atoms. The number of ketones is 1. The maximum atomic E-state index is 12.0. The zero-order valence-electron chi connectivity index (χ0n) is 9.84. The van der Waals surface area contributed by atoms with Gasteiger partial charge in [-0.3, -0.25) is 4.79 Å². The first-order valence-electron chi connectivity index (χ1n) is 5.50. The van der Waals surface area contributed by atoms with Crippen LogP contribution in [0.1, 0.15) is 10.4 Å². The highest BCUT2D eigenvalue weighted by Gasteiger charge is 2.12. The number of hydrogen-bond acceptors (Lipinski definition) is 4. The zero-order valence-corrected chi connectivity index (χ0v) is 11.4. The number of phenols is 2. The highest BCUT2D eigenvalue weighted by atomic mass is 35.5. The maximum absolute atomic E-state index is 12.0. The summed E-state index contributed by atoms with van der Waals surface area (Å²) in [5.74, 6) is -0.345. The van der Waals surface area contributed by atoms with E-state index in [4.69, 9.17) is 16.7 Å². The average Bonchev–Trinajstić information content (AvgIpc) is 2.37. The van der Waals surface area contributed by atoms with Crippen molar-refractivity contribution in [2.45, 2.75) is 4.90 Å². The number of halogens is 1. The van der Waals surface area contributed by atoms with Gasteiger partial charge in [-0.15, -0.1) is 11.8 Å². The van der Waals surface area contributed by atoms with Crippen LogP contribution in [0.4, 0.5) is 0 Å². The van der Waals surface area contributed by atoms with Crippen LogP contribution in [0.25, 0.3) is 0 Å². The lowest BCUT2D eigenvalue weighted by molar-refractivity contribution is 0.102. The van der Waals surface area contributed by atoms with Crippen molar-refractivity contribution in [1.82, 2.24) is 0 Å². The summed E-state index contributed by atoms with van der Waals surface area (Å²) in [7, 11) is 0. The first-order chi connectivity index (χ1) is 9.08. The van der Waals surface area contributed by atoms with E-state index in [-0.39, 0.29) is 28.6 Å². The van der Waals surface area contributed by atoms with Crippen molar-refractivity contribution in [3.8, 4) is 11.5 Å². The number of carbonyl (C=O) groups excluding carboxylic acids is 1. The quantitative estimate of drug-likeness (QED) is 0.666. The van der Waals surface area contributed by atoms with Crippen molar-refractivity contribution in [3.63, 3.8) is 0 Å². The van der Waals surface area contributed by atoms with Gasteiger partial charge in [0.15, 0.2) is 5.78 Å². The van der Waals surface area contributed by atoms with Crippen molar-refractivity contribution in [2.75, 3.05) is 5.75 Å². The van der Waals surface area contributed by atoms with Gasteiger partial charge in [0.2, 0.25) is 0 Å². The summed E-state index contributed by atoms with van der Waals surface area (Å²) in [5, 5.41) is 19.4. The molecule has 0 bridgehead atoms. The van der Waals surface area contributed by atoms with E-state index in [2.05, 4.69) is 0 Å². The Hall–Kier alpha value is -1.65. The Morgan fingerprint density at radius 2 is 1.89 bits per heavy atom. The minimum absolute atomic E-state index is 0.0761. The minimum Gasteiger partial charge on any atom is -0.508 e. The number of rotatable bonds is 4.